The summed E-state index contributed by atoms with van der Waals surface area (Å²) in [4.78, 5) is 14.3. The van der Waals surface area contributed by atoms with Crippen LogP contribution in [0.2, 0.25) is 0 Å². The summed E-state index contributed by atoms with van der Waals surface area (Å²) >= 11 is 0. The highest BCUT2D eigenvalue weighted by molar-refractivity contribution is 6.02. The van der Waals surface area contributed by atoms with Crippen LogP contribution in [-0.2, 0) is 0 Å². The number of anilines is 1. The molecule has 0 bridgehead atoms. The van der Waals surface area contributed by atoms with E-state index in [1.165, 1.54) is 0 Å². The highest BCUT2D eigenvalue weighted by Gasteiger charge is 2.29. The van der Waals surface area contributed by atoms with E-state index >= 15 is 0 Å². The maximum absolute atomic E-state index is 12.5. The maximum atomic E-state index is 12.5. The van der Waals surface area contributed by atoms with Gasteiger partial charge in [-0.05, 0) is 33.8 Å². The molecule has 0 fully saturated rings. The Balaban J connectivity index is 2.45. The number of carbonyl (C=O) groups excluding carboxylic acids is 1. The van der Waals surface area contributed by atoms with Gasteiger partial charge in [-0.15, -0.1) is 0 Å². The standard InChI is InChI=1S/C15H22N2O3/c1-5-17-10(4)16-12-9-14(20-7-3)13(19-6-2)8-11(12)15(17)18/h8-10,16H,5-7H2,1-4H3. The van der Waals surface area contributed by atoms with E-state index in [1.807, 2.05) is 33.8 Å². The minimum atomic E-state index is -0.0209. The molecule has 5 nitrogen and oxygen atoms in total. The van der Waals surface area contributed by atoms with Crippen molar-refractivity contribution in [1.82, 2.24) is 4.90 Å². The van der Waals surface area contributed by atoms with Crippen molar-refractivity contribution in [3.05, 3.63) is 17.7 Å². The Hall–Kier alpha value is -1.91. The zero-order valence-electron chi connectivity index (χ0n) is 12.5. The van der Waals surface area contributed by atoms with Crippen LogP contribution in [0.5, 0.6) is 11.5 Å². The lowest BCUT2D eigenvalue weighted by atomic mass is 10.1. The molecule has 0 saturated carbocycles. The molecule has 1 N–H and O–H groups in total. The second-order valence-electron chi connectivity index (χ2n) is 4.62. The summed E-state index contributed by atoms with van der Waals surface area (Å²) in [5, 5.41) is 3.33. The van der Waals surface area contributed by atoms with Crippen molar-refractivity contribution < 1.29 is 14.3 Å². The van der Waals surface area contributed by atoms with E-state index in [2.05, 4.69) is 5.32 Å². The Bertz CT molecular complexity index is 502. The Morgan fingerprint density at radius 1 is 1.15 bits per heavy atom. The van der Waals surface area contributed by atoms with E-state index < -0.39 is 0 Å². The van der Waals surface area contributed by atoms with Crippen LogP contribution in [0.3, 0.4) is 0 Å². The summed E-state index contributed by atoms with van der Waals surface area (Å²) in [6.07, 6.45) is -0.0209. The molecule has 1 aromatic carbocycles. The number of nitrogens with one attached hydrogen (secondary N) is 1. The average Bonchev–Trinajstić information content (AvgIpc) is 2.41. The van der Waals surface area contributed by atoms with E-state index in [9.17, 15) is 4.79 Å². The van der Waals surface area contributed by atoms with Gasteiger partial charge in [0.1, 0.15) is 0 Å². The molecule has 0 saturated heterocycles. The molecule has 2 rings (SSSR count). The lowest BCUT2D eigenvalue weighted by molar-refractivity contribution is 0.0709. The van der Waals surface area contributed by atoms with Crippen LogP contribution in [0.1, 0.15) is 38.1 Å². The number of fused-ring (bicyclic) bond motifs is 1. The molecule has 1 aliphatic rings. The molecule has 1 aliphatic heterocycles. The second kappa shape index (κ2) is 6.03. The molecule has 1 aromatic rings. The van der Waals surface area contributed by atoms with Crippen LogP contribution in [0.15, 0.2) is 12.1 Å². The van der Waals surface area contributed by atoms with E-state index in [1.54, 1.807) is 11.0 Å². The number of hydrogen-bond donors (Lipinski definition) is 1. The fourth-order valence-corrected chi connectivity index (χ4v) is 2.44. The van der Waals surface area contributed by atoms with Gasteiger partial charge < -0.3 is 19.7 Å². The van der Waals surface area contributed by atoms with Crippen LogP contribution in [0, 0.1) is 0 Å². The van der Waals surface area contributed by atoms with Gasteiger partial charge in [-0.2, -0.15) is 0 Å². The largest absolute Gasteiger partial charge is 0.490 e. The van der Waals surface area contributed by atoms with Gasteiger partial charge in [0.2, 0.25) is 0 Å². The molecule has 0 radical (unpaired) electrons. The second-order valence-corrected chi connectivity index (χ2v) is 4.62. The first-order valence-corrected chi connectivity index (χ1v) is 7.13. The van der Waals surface area contributed by atoms with E-state index in [4.69, 9.17) is 9.47 Å². The minimum absolute atomic E-state index is 0.0209. The predicted octanol–water partition coefficient (Wildman–Crippen LogP) is 2.72. The maximum Gasteiger partial charge on any atom is 0.257 e. The van der Waals surface area contributed by atoms with Gasteiger partial charge >= 0.3 is 0 Å². The Morgan fingerprint density at radius 3 is 2.30 bits per heavy atom. The van der Waals surface area contributed by atoms with Crippen molar-refractivity contribution in [2.24, 2.45) is 0 Å². The summed E-state index contributed by atoms with van der Waals surface area (Å²) in [6.45, 7) is 9.55. The van der Waals surface area contributed by atoms with E-state index in [-0.39, 0.29) is 12.1 Å². The molecule has 0 aromatic heterocycles. The van der Waals surface area contributed by atoms with E-state index in [0.717, 1.165) is 5.69 Å². The first-order chi connectivity index (χ1) is 9.62. The van der Waals surface area contributed by atoms with Crippen LogP contribution in [0.25, 0.3) is 0 Å². The van der Waals surface area contributed by atoms with E-state index in [0.29, 0.717) is 36.8 Å². The predicted molar refractivity (Wildman–Crippen MR) is 78.6 cm³/mol. The molecule has 1 atom stereocenters. The Kier molecular flexibility index (Phi) is 4.37. The van der Waals surface area contributed by atoms with Gasteiger partial charge in [0.15, 0.2) is 11.5 Å². The molecule has 1 heterocycles. The summed E-state index contributed by atoms with van der Waals surface area (Å²) in [7, 11) is 0. The highest BCUT2D eigenvalue weighted by atomic mass is 16.5. The van der Waals surface area contributed by atoms with Crippen molar-refractivity contribution in [2.45, 2.75) is 33.9 Å². The Morgan fingerprint density at radius 2 is 1.75 bits per heavy atom. The van der Waals surface area contributed by atoms with Gasteiger partial charge in [0, 0.05) is 12.6 Å². The molecule has 20 heavy (non-hydrogen) atoms. The quantitative estimate of drug-likeness (QED) is 0.899. The topological polar surface area (TPSA) is 50.8 Å². The van der Waals surface area contributed by atoms with Crippen molar-refractivity contribution in [3.63, 3.8) is 0 Å². The van der Waals surface area contributed by atoms with Gasteiger partial charge in [-0.3, -0.25) is 4.79 Å². The van der Waals surface area contributed by atoms with Crippen molar-refractivity contribution in [2.75, 3.05) is 25.1 Å². The van der Waals surface area contributed by atoms with Crippen LogP contribution in [0.4, 0.5) is 5.69 Å². The summed E-state index contributed by atoms with van der Waals surface area (Å²) in [5.74, 6) is 1.32. The number of amides is 1. The number of rotatable bonds is 5. The lowest BCUT2D eigenvalue weighted by Gasteiger charge is -2.35. The average molecular weight is 278 g/mol. The molecule has 1 unspecified atom stereocenters. The van der Waals surface area contributed by atoms with Gasteiger partial charge in [-0.1, -0.05) is 0 Å². The molecular weight excluding hydrogens is 256 g/mol. The SMILES string of the molecule is CCOc1cc2c(cc1OCC)C(=O)N(CC)C(C)N2. The number of hydrogen-bond acceptors (Lipinski definition) is 4. The Labute approximate surface area is 119 Å². The summed E-state index contributed by atoms with van der Waals surface area (Å²) in [5.41, 5.74) is 1.44. The first-order valence-electron chi connectivity index (χ1n) is 7.13. The van der Waals surface area contributed by atoms with Crippen molar-refractivity contribution in [3.8, 4) is 11.5 Å². The third kappa shape index (κ3) is 2.53. The minimum Gasteiger partial charge on any atom is -0.490 e. The number of ether oxygens (including phenoxy) is 2. The number of carbonyl (C=O) groups is 1. The third-order valence-corrected chi connectivity index (χ3v) is 3.35. The zero-order valence-corrected chi connectivity index (χ0v) is 12.5. The molecule has 5 heteroatoms. The molecule has 0 aliphatic carbocycles. The van der Waals surface area contributed by atoms with Crippen LogP contribution in [-0.4, -0.2) is 36.7 Å². The number of nitrogens with zero attached hydrogens (tertiary/aromatic N) is 1. The molecular formula is C15H22N2O3. The van der Waals surface area contributed by atoms with Crippen molar-refractivity contribution in [1.29, 1.82) is 0 Å². The highest BCUT2D eigenvalue weighted by Crippen LogP contribution is 2.37. The molecule has 0 spiro atoms. The monoisotopic (exact) mass is 278 g/mol. The smallest absolute Gasteiger partial charge is 0.257 e. The van der Waals surface area contributed by atoms with Gasteiger partial charge in [-0.25, -0.2) is 0 Å². The van der Waals surface area contributed by atoms with Crippen molar-refractivity contribution >= 4 is 11.6 Å². The number of benzene rings is 1. The van der Waals surface area contributed by atoms with Crippen LogP contribution >= 0.6 is 0 Å². The fourth-order valence-electron chi connectivity index (χ4n) is 2.44. The van der Waals surface area contributed by atoms with Crippen LogP contribution < -0.4 is 14.8 Å². The van der Waals surface area contributed by atoms with Gasteiger partial charge in [0.25, 0.3) is 5.91 Å². The lowest BCUT2D eigenvalue weighted by Crippen LogP contribution is -2.46. The molecule has 110 valence electrons. The van der Waals surface area contributed by atoms with Gasteiger partial charge in [0.05, 0.1) is 30.6 Å². The molecule has 1 amide bonds. The fraction of sp³-hybridized carbons (Fsp3) is 0.533. The summed E-state index contributed by atoms with van der Waals surface area (Å²) in [6, 6.07) is 3.62. The third-order valence-electron chi connectivity index (χ3n) is 3.35. The zero-order chi connectivity index (χ0) is 14.7. The normalized spacial score (nSPS) is 17.5. The first kappa shape index (κ1) is 14.5. The summed E-state index contributed by atoms with van der Waals surface area (Å²) < 4.78 is 11.2.